The lowest BCUT2D eigenvalue weighted by atomic mass is 9.55. The van der Waals surface area contributed by atoms with Crippen molar-refractivity contribution in [3.05, 3.63) is 106 Å². The van der Waals surface area contributed by atoms with E-state index in [-0.39, 0.29) is 62.0 Å². The second-order valence-corrected chi connectivity index (χ2v) is 17.1. The van der Waals surface area contributed by atoms with Crippen LogP contribution in [-0.2, 0) is 14.3 Å². The van der Waals surface area contributed by atoms with Crippen LogP contribution in [0.15, 0.2) is 90.1 Å². The average molecular weight is 912 g/mol. The third-order valence-corrected chi connectivity index (χ3v) is 13.0. The Morgan fingerprint density at radius 3 is 2.44 bits per heavy atom. The number of allylic oxidation sites excluding steroid dienone is 1. The average Bonchev–Trinajstić information content (AvgIpc) is 3.33. The molecule has 2 aliphatic heterocycles. The molecule has 3 aromatic rings. The quantitative estimate of drug-likeness (QED) is 0.0318. The Balaban J connectivity index is 1.42. The number of carbonyl (C=O) groups excluding carboxylic acids is 2. The number of rotatable bonds is 22. The van der Waals surface area contributed by atoms with Gasteiger partial charge in [0.2, 0.25) is 12.1 Å². The van der Waals surface area contributed by atoms with Gasteiger partial charge in [-0.3, -0.25) is 19.8 Å². The van der Waals surface area contributed by atoms with E-state index in [0.29, 0.717) is 72.8 Å². The number of hydrogen-bond acceptors (Lipinski definition) is 14. The van der Waals surface area contributed by atoms with E-state index in [9.17, 15) is 29.9 Å². The second-order valence-electron chi connectivity index (χ2n) is 17.1. The molecule has 16 nitrogen and oxygen atoms in total. The Hall–Kier alpha value is -5.81. The van der Waals surface area contributed by atoms with Gasteiger partial charge in [0.1, 0.15) is 34.8 Å². The van der Waals surface area contributed by atoms with Crippen molar-refractivity contribution in [2.45, 2.75) is 102 Å². The molecule has 7 atom stereocenters. The number of nitrogens with zero attached hydrogens (tertiary/aromatic N) is 3. The van der Waals surface area contributed by atoms with Crippen molar-refractivity contribution < 1.29 is 58.0 Å². The van der Waals surface area contributed by atoms with Gasteiger partial charge in [-0.25, -0.2) is 4.79 Å². The lowest BCUT2D eigenvalue weighted by Gasteiger charge is -2.59. The van der Waals surface area contributed by atoms with Crippen LogP contribution < -0.4 is 18.9 Å². The first-order valence-electron chi connectivity index (χ1n) is 23.1. The summed E-state index contributed by atoms with van der Waals surface area (Å²) in [6, 6.07) is 15.1. The summed E-state index contributed by atoms with van der Waals surface area (Å²) in [5.74, 6) is -0.554. The fourth-order valence-corrected chi connectivity index (χ4v) is 10.0. The Kier molecular flexibility index (Phi) is 16.5. The first kappa shape index (κ1) is 48.1. The molecule has 354 valence electrons. The number of nitro groups is 1. The number of aldehydes is 1. The van der Waals surface area contributed by atoms with E-state index in [0.717, 1.165) is 49.7 Å². The molecule has 1 amide bonds. The molecule has 7 unspecified atom stereocenters. The summed E-state index contributed by atoms with van der Waals surface area (Å²) in [6.45, 7) is 6.89. The van der Waals surface area contributed by atoms with Crippen molar-refractivity contribution in [2.24, 2.45) is 22.9 Å². The Labute approximate surface area is 385 Å². The minimum absolute atomic E-state index is 0.0117. The summed E-state index contributed by atoms with van der Waals surface area (Å²) in [5, 5.41) is 36.3. The van der Waals surface area contributed by atoms with Crippen molar-refractivity contribution >= 4 is 23.8 Å². The third-order valence-electron chi connectivity index (χ3n) is 13.0. The molecule has 7 rings (SSSR count). The number of aliphatic hydroxyl groups excluding tert-OH is 2. The van der Waals surface area contributed by atoms with E-state index in [1.54, 1.807) is 35.2 Å². The van der Waals surface area contributed by atoms with Gasteiger partial charge in [0.25, 0.3) is 5.69 Å². The molecule has 4 aliphatic rings. The lowest BCUT2D eigenvalue weighted by molar-refractivity contribution is -0.384. The summed E-state index contributed by atoms with van der Waals surface area (Å²) >= 11 is 0. The maximum absolute atomic E-state index is 14.7. The van der Waals surface area contributed by atoms with Crippen LogP contribution in [-0.4, -0.2) is 96.3 Å². The van der Waals surface area contributed by atoms with Crippen LogP contribution >= 0.6 is 0 Å². The molecule has 1 saturated heterocycles. The molecule has 16 heteroatoms. The maximum Gasteiger partial charge on any atom is 0.415 e. The zero-order chi connectivity index (χ0) is 46.6. The summed E-state index contributed by atoms with van der Waals surface area (Å²) in [5.41, 5.74) is 2.49. The van der Waals surface area contributed by atoms with E-state index in [1.165, 1.54) is 31.4 Å². The monoisotopic (exact) mass is 911 g/mol. The van der Waals surface area contributed by atoms with E-state index in [1.807, 2.05) is 19.1 Å². The molecule has 0 spiro atoms. The van der Waals surface area contributed by atoms with Gasteiger partial charge in [-0.05, 0) is 111 Å². The summed E-state index contributed by atoms with van der Waals surface area (Å²) in [4.78, 5) is 45.4. The molecule has 2 heterocycles. The van der Waals surface area contributed by atoms with Gasteiger partial charge >= 0.3 is 6.09 Å². The zero-order valence-corrected chi connectivity index (χ0v) is 37.7. The number of benzene rings is 3. The summed E-state index contributed by atoms with van der Waals surface area (Å²) < 4.78 is 38.2. The molecule has 2 fully saturated rings. The molecule has 1 saturated carbocycles. The van der Waals surface area contributed by atoms with Crippen LogP contribution in [0.2, 0.25) is 0 Å². The van der Waals surface area contributed by atoms with Crippen LogP contribution in [0.1, 0.15) is 99.4 Å². The summed E-state index contributed by atoms with van der Waals surface area (Å²) in [6.07, 6.45) is 10.7. The molecule has 3 aromatic carbocycles. The number of oxime groups is 1. The Bertz CT molecular complexity index is 2220. The largest absolute Gasteiger partial charge is 0.496 e. The minimum atomic E-state index is -1.55. The molecular weight excluding hydrogens is 851 g/mol. The second kappa shape index (κ2) is 22.6. The number of amides is 1. The normalized spacial score (nSPS) is 24.7. The number of non-ortho nitro benzene ring substituents is 1. The highest BCUT2D eigenvalue weighted by Crippen LogP contribution is 2.62. The van der Waals surface area contributed by atoms with Crippen LogP contribution in [0.4, 0.5) is 10.5 Å². The van der Waals surface area contributed by atoms with Crippen molar-refractivity contribution in [2.75, 3.05) is 40.1 Å². The number of methoxy groups -OCH3 is 1. The van der Waals surface area contributed by atoms with E-state index in [2.05, 4.69) is 12.7 Å². The maximum atomic E-state index is 14.7. The van der Waals surface area contributed by atoms with E-state index < -0.39 is 35.1 Å². The van der Waals surface area contributed by atoms with Gasteiger partial charge in [-0.1, -0.05) is 37.1 Å². The van der Waals surface area contributed by atoms with Gasteiger partial charge in [-0.15, -0.1) is 6.58 Å². The van der Waals surface area contributed by atoms with Crippen LogP contribution in [0.5, 0.6) is 28.7 Å². The predicted molar refractivity (Wildman–Crippen MR) is 244 cm³/mol. The number of unbranched alkanes of at least 4 members (excludes halogenated alkanes) is 2. The van der Waals surface area contributed by atoms with Crippen molar-refractivity contribution in [3.63, 3.8) is 0 Å². The van der Waals surface area contributed by atoms with Gasteiger partial charge in [0, 0.05) is 56.2 Å². The number of fused-ring (bicyclic) bond motifs is 2. The molecule has 0 radical (unpaired) electrons. The van der Waals surface area contributed by atoms with Gasteiger partial charge < -0.3 is 43.5 Å². The molecule has 0 bridgehead atoms. The fraction of sp³-hybridized carbons (Fsp3) is 0.500. The number of carbonyl (C=O) groups is 2. The molecule has 66 heavy (non-hydrogen) atoms. The molecule has 2 N–H and O–H groups in total. The van der Waals surface area contributed by atoms with Gasteiger partial charge in [0.05, 0.1) is 42.4 Å². The number of ether oxygens (including phenoxy) is 6. The van der Waals surface area contributed by atoms with E-state index in [4.69, 9.17) is 38.4 Å². The fourth-order valence-electron chi connectivity index (χ4n) is 10.0. The number of hydrogen-bond donors (Lipinski definition) is 2. The standard InChI is InChI=1S/C50H61N3O13/c1-4-23-52(49(57)64-36-17-15-35(16-18-36)53(58)59)45-31-42(51-66-46-14-8-11-27-61-46)40-29-33(12-6-9-24-54)39(13-7-10-25-55)47-41-30-38(63-37-19-21-43(60-3)34(28-37)32-56)20-22-44(41)65-50(45,48(40)47)62-26-5-2/h5,15-22,28-30,32-33,39,45-48,54-55H,2,4,6-14,23-27,31H2,1,3H3. The van der Waals surface area contributed by atoms with Crippen LogP contribution in [0.3, 0.4) is 0 Å². The minimum Gasteiger partial charge on any atom is -0.496 e. The highest BCUT2D eigenvalue weighted by atomic mass is 16.8. The lowest BCUT2D eigenvalue weighted by Crippen LogP contribution is -2.70. The van der Waals surface area contributed by atoms with E-state index >= 15 is 0 Å². The van der Waals surface area contributed by atoms with Gasteiger partial charge in [0.15, 0.2) is 6.29 Å². The first-order valence-corrected chi connectivity index (χ1v) is 23.1. The number of aliphatic hydroxyl groups is 2. The topological polar surface area (TPSA) is 198 Å². The Morgan fingerprint density at radius 2 is 1.76 bits per heavy atom. The first-order chi connectivity index (χ1) is 32.2. The smallest absolute Gasteiger partial charge is 0.415 e. The van der Waals surface area contributed by atoms with Crippen molar-refractivity contribution in [3.8, 4) is 28.7 Å². The SMILES string of the molecule is C=CCOC12Oc3ccc(Oc4ccc(OC)c(C=O)c4)cc3C3C(CCCCO)C(CCCCO)C=C(C(=NOC4CCCCO4)CC1N(CCC)C(=O)Oc1ccc([N+](=O)[O-])cc1)C32. The Morgan fingerprint density at radius 1 is 1.02 bits per heavy atom. The van der Waals surface area contributed by atoms with Crippen molar-refractivity contribution in [1.29, 1.82) is 0 Å². The summed E-state index contributed by atoms with van der Waals surface area (Å²) in [7, 11) is 1.50. The van der Waals surface area contributed by atoms with Gasteiger partial charge in [-0.2, -0.15) is 0 Å². The highest BCUT2D eigenvalue weighted by Gasteiger charge is 2.65. The van der Waals surface area contributed by atoms with Crippen LogP contribution in [0.25, 0.3) is 0 Å². The van der Waals surface area contributed by atoms with Crippen LogP contribution in [0, 0.1) is 27.9 Å². The molecule has 0 aromatic heterocycles. The third kappa shape index (κ3) is 10.6. The van der Waals surface area contributed by atoms with Crippen molar-refractivity contribution in [1.82, 2.24) is 4.90 Å². The molecular formula is C50H61N3O13. The zero-order valence-electron chi connectivity index (χ0n) is 37.7. The molecule has 2 aliphatic carbocycles. The number of nitro benzene ring substituents is 1. The predicted octanol–water partition coefficient (Wildman–Crippen LogP) is 9.28. The highest BCUT2D eigenvalue weighted by molar-refractivity contribution is 6.03.